The third-order valence-corrected chi connectivity index (χ3v) is 4.43. The van der Waals surface area contributed by atoms with Crippen molar-refractivity contribution in [3.8, 4) is 0 Å². The number of benzene rings is 1. The number of carbonyl (C=O) groups is 1. The Morgan fingerprint density at radius 3 is 2.91 bits per heavy atom. The maximum absolute atomic E-state index is 13.5. The Bertz CT molecular complexity index is 540. The number of halogens is 2. The van der Waals surface area contributed by atoms with Gasteiger partial charge in [0.2, 0.25) is 5.91 Å². The number of hydrogen-bond donors (Lipinski definition) is 2. The van der Waals surface area contributed by atoms with Crippen molar-refractivity contribution in [1.82, 2.24) is 10.2 Å². The Morgan fingerprint density at radius 2 is 2.14 bits per heavy atom. The van der Waals surface area contributed by atoms with Gasteiger partial charge in [0.25, 0.3) is 0 Å². The summed E-state index contributed by atoms with van der Waals surface area (Å²) in [6, 6.07) is 5.93. The standard InChI is InChI=1S/C16H22FN3O.ClH/c1-11-2-3-13(8-15(11)17)19-16(21)10-20-7-6-12-4-5-14(9-20)18-12;/h2-3,8,12,14,18H,4-7,9-10H2,1H3,(H,19,21);1H. The molecule has 4 nitrogen and oxygen atoms in total. The maximum atomic E-state index is 13.5. The molecular weight excluding hydrogens is 305 g/mol. The van der Waals surface area contributed by atoms with Gasteiger partial charge in [-0.05, 0) is 43.9 Å². The highest BCUT2D eigenvalue weighted by Crippen LogP contribution is 2.20. The van der Waals surface area contributed by atoms with Crippen molar-refractivity contribution in [2.45, 2.75) is 38.3 Å². The zero-order valence-corrected chi connectivity index (χ0v) is 13.6. The van der Waals surface area contributed by atoms with E-state index >= 15 is 0 Å². The van der Waals surface area contributed by atoms with E-state index in [2.05, 4.69) is 15.5 Å². The zero-order chi connectivity index (χ0) is 14.8. The van der Waals surface area contributed by atoms with Crippen LogP contribution in [-0.2, 0) is 4.79 Å². The Kier molecular flexibility index (Phi) is 5.78. The van der Waals surface area contributed by atoms with Gasteiger partial charge in [0, 0.05) is 30.9 Å². The van der Waals surface area contributed by atoms with Gasteiger partial charge in [-0.3, -0.25) is 9.69 Å². The van der Waals surface area contributed by atoms with Gasteiger partial charge in [0.05, 0.1) is 6.54 Å². The van der Waals surface area contributed by atoms with E-state index in [-0.39, 0.29) is 24.1 Å². The number of nitrogens with zero attached hydrogens (tertiary/aromatic N) is 1. The summed E-state index contributed by atoms with van der Waals surface area (Å²) in [7, 11) is 0. The summed E-state index contributed by atoms with van der Waals surface area (Å²) in [4.78, 5) is 14.3. The van der Waals surface area contributed by atoms with E-state index in [1.807, 2.05) is 0 Å². The van der Waals surface area contributed by atoms with Crippen LogP contribution in [0.2, 0.25) is 0 Å². The van der Waals surface area contributed by atoms with E-state index in [1.54, 1.807) is 19.1 Å². The second-order valence-corrected chi connectivity index (χ2v) is 6.17. The van der Waals surface area contributed by atoms with Crippen molar-refractivity contribution in [2.75, 3.05) is 25.0 Å². The molecule has 0 saturated carbocycles. The first-order valence-corrected chi connectivity index (χ1v) is 7.64. The van der Waals surface area contributed by atoms with Gasteiger partial charge in [-0.1, -0.05) is 6.07 Å². The molecule has 1 aromatic carbocycles. The van der Waals surface area contributed by atoms with Crippen molar-refractivity contribution >= 4 is 24.0 Å². The molecule has 6 heteroatoms. The highest BCUT2D eigenvalue weighted by Gasteiger charge is 2.29. The molecule has 0 aromatic heterocycles. The number of nitrogens with one attached hydrogen (secondary N) is 2. The minimum atomic E-state index is -0.288. The number of likely N-dealkylation sites (tertiary alicyclic amines) is 1. The third-order valence-electron chi connectivity index (χ3n) is 4.43. The highest BCUT2D eigenvalue weighted by atomic mass is 35.5. The molecule has 0 spiro atoms. The number of aryl methyl sites for hydroxylation is 1. The number of amides is 1. The molecule has 2 saturated heterocycles. The number of rotatable bonds is 3. The van der Waals surface area contributed by atoms with E-state index in [9.17, 15) is 9.18 Å². The first kappa shape index (κ1) is 17.2. The third kappa shape index (κ3) is 4.18. The van der Waals surface area contributed by atoms with Crippen LogP contribution in [0.15, 0.2) is 18.2 Å². The van der Waals surface area contributed by atoms with Crippen LogP contribution < -0.4 is 10.6 Å². The smallest absolute Gasteiger partial charge is 0.238 e. The van der Waals surface area contributed by atoms with Crippen LogP contribution in [-0.4, -0.2) is 42.5 Å². The maximum Gasteiger partial charge on any atom is 0.238 e. The van der Waals surface area contributed by atoms with Crippen LogP contribution in [0, 0.1) is 12.7 Å². The second kappa shape index (κ2) is 7.40. The molecule has 0 aliphatic carbocycles. The summed E-state index contributed by atoms with van der Waals surface area (Å²) in [5.41, 5.74) is 1.11. The molecule has 0 radical (unpaired) electrons. The van der Waals surface area contributed by atoms with E-state index < -0.39 is 0 Å². The van der Waals surface area contributed by atoms with Crippen LogP contribution in [0.4, 0.5) is 10.1 Å². The van der Waals surface area contributed by atoms with E-state index in [4.69, 9.17) is 0 Å². The molecule has 2 aliphatic rings. The van der Waals surface area contributed by atoms with Gasteiger partial charge < -0.3 is 10.6 Å². The van der Waals surface area contributed by atoms with Crippen molar-refractivity contribution in [3.05, 3.63) is 29.6 Å². The summed E-state index contributed by atoms with van der Waals surface area (Å²) < 4.78 is 13.5. The molecule has 2 heterocycles. The van der Waals surface area contributed by atoms with Crippen molar-refractivity contribution in [2.24, 2.45) is 0 Å². The Morgan fingerprint density at radius 1 is 1.36 bits per heavy atom. The normalized spacial score (nSPS) is 24.5. The Hall–Kier alpha value is -1.17. The molecule has 2 atom stereocenters. The molecule has 2 unspecified atom stereocenters. The van der Waals surface area contributed by atoms with Gasteiger partial charge >= 0.3 is 0 Å². The van der Waals surface area contributed by atoms with Gasteiger partial charge in [0.15, 0.2) is 0 Å². The van der Waals surface area contributed by atoms with Crippen molar-refractivity contribution < 1.29 is 9.18 Å². The number of carbonyl (C=O) groups excluding carboxylic acids is 1. The lowest BCUT2D eigenvalue weighted by molar-refractivity contribution is -0.117. The lowest BCUT2D eigenvalue weighted by atomic mass is 10.1. The summed E-state index contributed by atoms with van der Waals surface area (Å²) in [6.07, 6.45) is 3.56. The van der Waals surface area contributed by atoms with Gasteiger partial charge in [-0.15, -0.1) is 12.4 Å². The number of hydrogen-bond acceptors (Lipinski definition) is 3. The minimum Gasteiger partial charge on any atom is -0.325 e. The van der Waals surface area contributed by atoms with Crippen LogP contribution in [0.25, 0.3) is 0 Å². The molecule has 122 valence electrons. The summed E-state index contributed by atoms with van der Waals surface area (Å²) in [5.74, 6) is -0.361. The molecule has 22 heavy (non-hydrogen) atoms. The number of fused-ring (bicyclic) bond motifs is 2. The quantitative estimate of drug-likeness (QED) is 0.895. The Balaban J connectivity index is 0.00000176. The highest BCUT2D eigenvalue weighted by molar-refractivity contribution is 5.92. The predicted octanol–water partition coefficient (Wildman–Crippen LogP) is 2.32. The van der Waals surface area contributed by atoms with Crippen LogP contribution in [0.3, 0.4) is 0 Å². The van der Waals surface area contributed by atoms with Crippen molar-refractivity contribution in [1.29, 1.82) is 0 Å². The fraction of sp³-hybridized carbons (Fsp3) is 0.562. The first-order chi connectivity index (χ1) is 10.1. The van der Waals surface area contributed by atoms with Gasteiger partial charge in [0.1, 0.15) is 5.82 Å². The Labute approximate surface area is 136 Å². The molecule has 2 bridgehead atoms. The monoisotopic (exact) mass is 327 g/mol. The minimum absolute atomic E-state index is 0. The average Bonchev–Trinajstić information content (AvgIpc) is 2.77. The molecular formula is C16H23ClFN3O. The fourth-order valence-electron chi connectivity index (χ4n) is 3.23. The average molecular weight is 328 g/mol. The molecule has 2 aliphatic heterocycles. The molecule has 1 amide bonds. The van der Waals surface area contributed by atoms with Gasteiger partial charge in [-0.25, -0.2) is 4.39 Å². The van der Waals surface area contributed by atoms with E-state index in [0.717, 1.165) is 19.5 Å². The van der Waals surface area contributed by atoms with E-state index in [0.29, 0.717) is 29.9 Å². The molecule has 2 fully saturated rings. The topological polar surface area (TPSA) is 44.4 Å². The van der Waals surface area contributed by atoms with Crippen LogP contribution in [0.1, 0.15) is 24.8 Å². The van der Waals surface area contributed by atoms with Gasteiger partial charge in [-0.2, -0.15) is 0 Å². The largest absolute Gasteiger partial charge is 0.325 e. The fourth-order valence-corrected chi connectivity index (χ4v) is 3.23. The lowest BCUT2D eigenvalue weighted by Gasteiger charge is -2.23. The zero-order valence-electron chi connectivity index (χ0n) is 12.8. The number of anilines is 1. The molecule has 2 N–H and O–H groups in total. The molecule has 1 aromatic rings. The summed E-state index contributed by atoms with van der Waals surface area (Å²) in [6.45, 7) is 3.95. The molecule has 3 rings (SSSR count). The van der Waals surface area contributed by atoms with Crippen LogP contribution in [0.5, 0.6) is 0 Å². The summed E-state index contributed by atoms with van der Waals surface area (Å²) in [5, 5.41) is 6.38. The summed E-state index contributed by atoms with van der Waals surface area (Å²) >= 11 is 0. The lowest BCUT2D eigenvalue weighted by Crippen LogP contribution is -2.39. The van der Waals surface area contributed by atoms with Crippen LogP contribution >= 0.6 is 12.4 Å². The first-order valence-electron chi connectivity index (χ1n) is 7.64. The second-order valence-electron chi connectivity index (χ2n) is 6.17. The predicted molar refractivity (Wildman–Crippen MR) is 88.0 cm³/mol. The van der Waals surface area contributed by atoms with E-state index in [1.165, 1.54) is 18.9 Å². The SMILES string of the molecule is Cc1ccc(NC(=O)CN2CCC3CCC(C2)N3)cc1F.Cl. The van der Waals surface area contributed by atoms with Crippen molar-refractivity contribution in [3.63, 3.8) is 0 Å².